The Labute approximate surface area is 106 Å². The lowest BCUT2D eigenvalue weighted by Gasteiger charge is -2.10. The summed E-state index contributed by atoms with van der Waals surface area (Å²) in [6, 6.07) is 6.11. The normalized spacial score (nSPS) is 12.6. The Morgan fingerprint density at radius 3 is 3.00 bits per heavy atom. The van der Waals surface area contributed by atoms with Crippen molar-refractivity contribution < 1.29 is 4.74 Å². The fourth-order valence-corrected chi connectivity index (χ4v) is 2.27. The molecule has 0 aliphatic carbocycles. The van der Waals surface area contributed by atoms with Gasteiger partial charge in [0.05, 0.1) is 18.2 Å². The van der Waals surface area contributed by atoms with Gasteiger partial charge < -0.3 is 14.3 Å². The number of nitrogens with one attached hydrogen (secondary N) is 1. The number of fused-ring (bicyclic) bond motifs is 1. The SMILES string of the molecule is C=CC(C)n1c(=S)[nH]c2c(OCC)cccc21. The van der Waals surface area contributed by atoms with Crippen LogP contribution in [0.5, 0.6) is 5.75 Å². The van der Waals surface area contributed by atoms with Gasteiger partial charge in [-0.15, -0.1) is 6.58 Å². The number of hydrogen-bond donors (Lipinski definition) is 1. The summed E-state index contributed by atoms with van der Waals surface area (Å²) in [5.74, 6) is 0.839. The summed E-state index contributed by atoms with van der Waals surface area (Å²) < 4.78 is 8.32. The van der Waals surface area contributed by atoms with E-state index in [9.17, 15) is 0 Å². The molecule has 2 rings (SSSR count). The van der Waals surface area contributed by atoms with Crippen molar-refractivity contribution >= 4 is 23.3 Å². The van der Waals surface area contributed by atoms with Gasteiger partial charge in [0.25, 0.3) is 0 Å². The molecule has 1 aromatic carbocycles. The first-order valence-electron chi connectivity index (χ1n) is 5.67. The molecule has 1 unspecified atom stereocenters. The minimum Gasteiger partial charge on any atom is -0.492 e. The zero-order chi connectivity index (χ0) is 12.4. The molecule has 1 aromatic heterocycles. The molecule has 0 fully saturated rings. The maximum Gasteiger partial charge on any atom is 0.178 e. The molecule has 90 valence electrons. The average Bonchev–Trinajstić information content (AvgIpc) is 2.66. The van der Waals surface area contributed by atoms with Gasteiger partial charge in [0.2, 0.25) is 0 Å². The number of H-pyrrole nitrogens is 1. The molecule has 2 aromatic rings. The molecule has 4 heteroatoms. The van der Waals surface area contributed by atoms with Gasteiger partial charge >= 0.3 is 0 Å². The second-order valence-electron chi connectivity index (χ2n) is 3.86. The summed E-state index contributed by atoms with van der Waals surface area (Å²) in [5.41, 5.74) is 2.00. The maximum absolute atomic E-state index is 5.58. The Hall–Kier alpha value is -1.55. The predicted octanol–water partition coefficient (Wildman–Crippen LogP) is 3.84. The number of ether oxygens (including phenoxy) is 1. The van der Waals surface area contributed by atoms with Crippen LogP contribution in [0, 0.1) is 4.77 Å². The second-order valence-corrected chi connectivity index (χ2v) is 4.25. The van der Waals surface area contributed by atoms with Gasteiger partial charge in [-0.3, -0.25) is 0 Å². The monoisotopic (exact) mass is 248 g/mol. The number of para-hydroxylation sites is 1. The van der Waals surface area contributed by atoms with Crippen LogP contribution in [0.4, 0.5) is 0 Å². The number of allylic oxidation sites excluding steroid dienone is 1. The topological polar surface area (TPSA) is 29.9 Å². The van der Waals surface area contributed by atoms with Crippen molar-refractivity contribution in [2.45, 2.75) is 19.9 Å². The van der Waals surface area contributed by atoms with Crippen molar-refractivity contribution in [2.75, 3.05) is 6.61 Å². The van der Waals surface area contributed by atoms with E-state index in [1.54, 1.807) is 0 Å². The third kappa shape index (κ3) is 2.00. The number of hydrogen-bond acceptors (Lipinski definition) is 2. The molecule has 0 saturated heterocycles. The minimum atomic E-state index is 0.160. The van der Waals surface area contributed by atoms with Crippen molar-refractivity contribution in [3.05, 3.63) is 35.6 Å². The van der Waals surface area contributed by atoms with Gasteiger partial charge in [-0.05, 0) is 38.2 Å². The van der Waals surface area contributed by atoms with Crippen LogP contribution < -0.4 is 4.74 Å². The molecular weight excluding hydrogens is 232 g/mol. The number of benzene rings is 1. The fraction of sp³-hybridized carbons (Fsp3) is 0.308. The first-order valence-corrected chi connectivity index (χ1v) is 6.08. The molecule has 1 N–H and O–H groups in total. The molecule has 3 nitrogen and oxygen atoms in total. The van der Waals surface area contributed by atoms with E-state index in [0.717, 1.165) is 16.8 Å². The lowest BCUT2D eigenvalue weighted by molar-refractivity contribution is 0.343. The molecule has 1 heterocycles. The first kappa shape index (κ1) is 11.9. The molecule has 0 bridgehead atoms. The van der Waals surface area contributed by atoms with Gasteiger partial charge in [0, 0.05) is 0 Å². The van der Waals surface area contributed by atoms with Crippen LogP contribution in [0.25, 0.3) is 11.0 Å². The van der Waals surface area contributed by atoms with Crippen molar-refractivity contribution in [3.63, 3.8) is 0 Å². The maximum atomic E-state index is 5.58. The molecule has 1 atom stereocenters. The summed E-state index contributed by atoms with van der Waals surface area (Å²) in [6.07, 6.45) is 1.87. The molecule has 0 spiro atoms. The first-order chi connectivity index (χ1) is 8.19. The van der Waals surface area contributed by atoms with E-state index in [1.165, 1.54) is 0 Å². The highest BCUT2D eigenvalue weighted by molar-refractivity contribution is 7.71. The van der Waals surface area contributed by atoms with Gasteiger partial charge in [-0.25, -0.2) is 0 Å². The van der Waals surface area contributed by atoms with Crippen LogP contribution in [0.2, 0.25) is 0 Å². The van der Waals surface area contributed by atoms with E-state index < -0.39 is 0 Å². The zero-order valence-corrected chi connectivity index (χ0v) is 10.9. The minimum absolute atomic E-state index is 0.160. The summed E-state index contributed by atoms with van der Waals surface area (Å²) in [5, 5.41) is 0. The van der Waals surface area contributed by atoms with E-state index in [2.05, 4.69) is 18.5 Å². The van der Waals surface area contributed by atoms with E-state index in [4.69, 9.17) is 17.0 Å². The molecule has 17 heavy (non-hydrogen) atoms. The molecule has 0 aliphatic rings. The van der Waals surface area contributed by atoms with E-state index in [0.29, 0.717) is 11.4 Å². The van der Waals surface area contributed by atoms with Crippen LogP contribution >= 0.6 is 12.2 Å². The lowest BCUT2D eigenvalue weighted by atomic mass is 10.2. The Bertz CT molecular complexity index is 597. The summed E-state index contributed by atoms with van der Waals surface area (Å²) in [7, 11) is 0. The molecule has 0 amide bonds. The Morgan fingerprint density at radius 1 is 1.59 bits per heavy atom. The highest BCUT2D eigenvalue weighted by Crippen LogP contribution is 2.27. The van der Waals surface area contributed by atoms with Crippen molar-refractivity contribution in [3.8, 4) is 5.75 Å². The summed E-state index contributed by atoms with van der Waals surface area (Å²) in [6.45, 7) is 8.48. The van der Waals surface area contributed by atoms with Crippen molar-refractivity contribution in [1.29, 1.82) is 0 Å². The summed E-state index contributed by atoms with van der Waals surface area (Å²) in [4.78, 5) is 3.20. The number of nitrogens with zero attached hydrogens (tertiary/aromatic N) is 1. The van der Waals surface area contributed by atoms with Crippen LogP contribution in [0.15, 0.2) is 30.9 Å². The number of aromatic amines is 1. The van der Waals surface area contributed by atoms with E-state index in [-0.39, 0.29) is 6.04 Å². The molecule has 0 aliphatic heterocycles. The smallest absolute Gasteiger partial charge is 0.178 e. The average molecular weight is 248 g/mol. The Morgan fingerprint density at radius 2 is 2.35 bits per heavy atom. The quantitative estimate of drug-likeness (QED) is 0.658. The van der Waals surface area contributed by atoms with Gasteiger partial charge in [0.1, 0.15) is 11.3 Å². The standard InChI is InChI=1S/C13H16N2OS/c1-4-9(3)15-10-7-6-8-11(16-5-2)12(10)14-13(15)17/h4,6-9H,1,5H2,2-3H3,(H,14,17). The molecule has 0 saturated carbocycles. The van der Waals surface area contributed by atoms with Gasteiger partial charge in [-0.1, -0.05) is 12.1 Å². The third-order valence-electron chi connectivity index (χ3n) is 2.76. The van der Waals surface area contributed by atoms with Crippen LogP contribution in [-0.4, -0.2) is 16.2 Å². The lowest BCUT2D eigenvalue weighted by Crippen LogP contribution is -2.01. The molecule has 0 radical (unpaired) electrons. The van der Waals surface area contributed by atoms with Crippen LogP contribution in [0.1, 0.15) is 19.9 Å². The predicted molar refractivity (Wildman–Crippen MR) is 73.2 cm³/mol. The second kappa shape index (κ2) is 4.75. The largest absolute Gasteiger partial charge is 0.492 e. The van der Waals surface area contributed by atoms with E-state index in [1.807, 2.05) is 35.8 Å². The third-order valence-corrected chi connectivity index (χ3v) is 3.06. The number of aromatic nitrogens is 2. The summed E-state index contributed by atoms with van der Waals surface area (Å²) >= 11 is 5.34. The zero-order valence-electron chi connectivity index (χ0n) is 10.1. The molecular formula is C13H16N2OS. The van der Waals surface area contributed by atoms with Crippen LogP contribution in [-0.2, 0) is 0 Å². The fourth-order valence-electron chi connectivity index (χ4n) is 1.91. The van der Waals surface area contributed by atoms with Crippen LogP contribution in [0.3, 0.4) is 0 Å². The highest BCUT2D eigenvalue weighted by atomic mass is 32.1. The van der Waals surface area contributed by atoms with Crippen molar-refractivity contribution in [2.24, 2.45) is 0 Å². The van der Waals surface area contributed by atoms with Gasteiger partial charge in [0.15, 0.2) is 4.77 Å². The van der Waals surface area contributed by atoms with E-state index >= 15 is 0 Å². The van der Waals surface area contributed by atoms with Crippen molar-refractivity contribution in [1.82, 2.24) is 9.55 Å². The Kier molecular flexibility index (Phi) is 3.33. The Balaban J connectivity index is 2.71. The van der Waals surface area contributed by atoms with Gasteiger partial charge in [-0.2, -0.15) is 0 Å². The number of imidazole rings is 1. The highest BCUT2D eigenvalue weighted by Gasteiger charge is 2.11. The number of rotatable bonds is 4.